The quantitative estimate of drug-likeness (QED) is 0.790. The number of urea groups is 1. The summed E-state index contributed by atoms with van der Waals surface area (Å²) in [7, 11) is 0. The van der Waals surface area contributed by atoms with Gasteiger partial charge in [0.2, 0.25) is 0 Å². The molecule has 0 unspecified atom stereocenters. The van der Waals surface area contributed by atoms with Crippen molar-refractivity contribution >= 4 is 35.1 Å². The topological polar surface area (TPSA) is 41.1 Å². The van der Waals surface area contributed by atoms with E-state index >= 15 is 0 Å². The molecule has 0 spiro atoms. The second-order valence-corrected chi connectivity index (χ2v) is 5.63. The predicted octanol–water partition coefficient (Wildman–Crippen LogP) is 4.43. The summed E-state index contributed by atoms with van der Waals surface area (Å²) < 4.78 is 24.9. The lowest BCUT2D eigenvalue weighted by Crippen LogP contribution is -2.31. The van der Waals surface area contributed by atoms with Gasteiger partial charge >= 0.3 is 6.03 Å². The maximum atomic E-state index is 12.4. The van der Waals surface area contributed by atoms with Crippen molar-refractivity contribution in [3.8, 4) is 0 Å². The maximum Gasteiger partial charge on any atom is 0.319 e. The van der Waals surface area contributed by atoms with E-state index in [1.54, 1.807) is 6.07 Å². The second kappa shape index (κ2) is 7.55. The smallest absolute Gasteiger partial charge is 0.319 e. The Morgan fingerprint density at radius 1 is 1.42 bits per heavy atom. The van der Waals surface area contributed by atoms with Crippen LogP contribution in [0.5, 0.6) is 0 Å². The number of hydrogen-bond acceptors (Lipinski definition) is 2. The van der Waals surface area contributed by atoms with Crippen LogP contribution in [0.4, 0.5) is 19.3 Å². The lowest BCUT2D eigenvalue weighted by Gasteiger charge is -2.13. The Morgan fingerprint density at radius 2 is 2.11 bits per heavy atom. The average Bonchev–Trinajstić information content (AvgIpc) is 2.30. The van der Waals surface area contributed by atoms with Gasteiger partial charge in [-0.25, -0.2) is 4.79 Å². The fourth-order valence-corrected chi connectivity index (χ4v) is 2.19. The van der Waals surface area contributed by atoms with E-state index in [0.29, 0.717) is 24.2 Å². The molecular weight excluding hydrogens is 294 g/mol. The third-order valence-electron chi connectivity index (χ3n) is 2.09. The van der Waals surface area contributed by atoms with Crippen molar-refractivity contribution in [2.75, 3.05) is 11.9 Å². The molecule has 19 heavy (non-hydrogen) atoms. The number of anilines is 1. The second-order valence-electron chi connectivity index (χ2n) is 4.22. The number of alkyl halides is 2. The zero-order valence-electron chi connectivity index (χ0n) is 10.5. The third-order valence-corrected chi connectivity index (χ3v) is 3.37. The fourth-order valence-electron chi connectivity index (χ4n) is 1.28. The number of nitrogens with one attached hydrogen (secondary N) is 2. The average molecular weight is 309 g/mol. The standard InChI is InChI=1S/C12H15ClF2N2OS/c1-7(2)6-16-12(18)17-9-5-3-4-8(13)10(9)19-11(14)15/h3-5,7,11H,6H2,1-2H3,(H2,16,17,18). The number of rotatable bonds is 5. The first-order chi connectivity index (χ1) is 8.90. The molecule has 106 valence electrons. The molecule has 3 nitrogen and oxygen atoms in total. The SMILES string of the molecule is CC(C)CNC(=O)Nc1cccc(Cl)c1SC(F)F. The summed E-state index contributed by atoms with van der Waals surface area (Å²) in [5, 5.41) is 5.35. The van der Waals surface area contributed by atoms with Gasteiger partial charge < -0.3 is 10.6 Å². The van der Waals surface area contributed by atoms with Gasteiger partial charge in [-0.2, -0.15) is 8.78 Å². The van der Waals surface area contributed by atoms with Crippen LogP contribution in [0.3, 0.4) is 0 Å². The van der Waals surface area contributed by atoms with Gasteiger partial charge in [-0.1, -0.05) is 43.3 Å². The molecule has 0 saturated carbocycles. The summed E-state index contributed by atoms with van der Waals surface area (Å²) in [4.78, 5) is 11.8. The molecule has 1 rings (SSSR count). The van der Waals surface area contributed by atoms with Crippen LogP contribution in [0.25, 0.3) is 0 Å². The molecule has 0 radical (unpaired) electrons. The number of thioether (sulfide) groups is 1. The summed E-state index contributed by atoms with van der Waals surface area (Å²) in [6.07, 6.45) is 0. The number of amides is 2. The van der Waals surface area contributed by atoms with Crippen molar-refractivity contribution in [3.63, 3.8) is 0 Å². The summed E-state index contributed by atoms with van der Waals surface area (Å²) in [5.74, 6) is -2.29. The van der Waals surface area contributed by atoms with E-state index < -0.39 is 11.8 Å². The molecule has 0 bridgehead atoms. The Labute approximate surface area is 120 Å². The van der Waals surface area contributed by atoms with Crippen LogP contribution < -0.4 is 10.6 Å². The van der Waals surface area contributed by atoms with Gasteiger partial charge in [0.15, 0.2) is 0 Å². The monoisotopic (exact) mass is 308 g/mol. The molecule has 2 amide bonds. The minimum atomic E-state index is -2.60. The Bertz CT molecular complexity index is 444. The van der Waals surface area contributed by atoms with Crippen molar-refractivity contribution in [2.24, 2.45) is 5.92 Å². The van der Waals surface area contributed by atoms with Crippen LogP contribution in [0.1, 0.15) is 13.8 Å². The van der Waals surface area contributed by atoms with Gasteiger partial charge in [0, 0.05) is 6.54 Å². The first kappa shape index (κ1) is 16.0. The molecule has 2 N–H and O–H groups in total. The Balaban J connectivity index is 2.77. The van der Waals surface area contributed by atoms with E-state index in [1.807, 2.05) is 13.8 Å². The molecule has 0 aliphatic rings. The summed E-state index contributed by atoms with van der Waals surface area (Å²) in [6, 6.07) is 4.19. The molecule has 1 aromatic carbocycles. The molecule has 0 saturated heterocycles. The summed E-state index contributed by atoms with van der Waals surface area (Å²) in [5.41, 5.74) is 0.277. The minimum Gasteiger partial charge on any atom is -0.338 e. The lowest BCUT2D eigenvalue weighted by atomic mass is 10.2. The van der Waals surface area contributed by atoms with Crippen LogP contribution >= 0.6 is 23.4 Å². The molecule has 1 aromatic rings. The van der Waals surface area contributed by atoms with E-state index in [4.69, 9.17) is 11.6 Å². The van der Waals surface area contributed by atoms with E-state index in [2.05, 4.69) is 10.6 Å². The van der Waals surface area contributed by atoms with E-state index in [9.17, 15) is 13.6 Å². The lowest BCUT2D eigenvalue weighted by molar-refractivity contribution is 0.250. The summed E-state index contributed by atoms with van der Waals surface area (Å²) >= 11 is 6.17. The molecule has 0 aromatic heterocycles. The van der Waals surface area contributed by atoms with Crippen LogP contribution in [0.2, 0.25) is 5.02 Å². The highest BCUT2D eigenvalue weighted by Gasteiger charge is 2.15. The fraction of sp³-hybridized carbons (Fsp3) is 0.417. The maximum absolute atomic E-state index is 12.4. The zero-order chi connectivity index (χ0) is 14.4. The first-order valence-corrected chi connectivity index (χ1v) is 6.94. The third kappa shape index (κ3) is 5.65. The minimum absolute atomic E-state index is 0.166. The van der Waals surface area contributed by atoms with E-state index in [-0.39, 0.29) is 15.6 Å². The van der Waals surface area contributed by atoms with Crippen LogP contribution in [0, 0.1) is 5.92 Å². The van der Waals surface area contributed by atoms with Gasteiger partial charge in [0.1, 0.15) is 0 Å². The number of halogens is 3. The predicted molar refractivity (Wildman–Crippen MR) is 75.2 cm³/mol. The van der Waals surface area contributed by atoms with Crippen molar-refractivity contribution < 1.29 is 13.6 Å². The van der Waals surface area contributed by atoms with Crippen molar-refractivity contribution in [3.05, 3.63) is 23.2 Å². The highest BCUT2D eigenvalue weighted by Crippen LogP contribution is 2.37. The highest BCUT2D eigenvalue weighted by atomic mass is 35.5. The molecule has 0 fully saturated rings. The van der Waals surface area contributed by atoms with Gasteiger partial charge in [0.25, 0.3) is 5.76 Å². The largest absolute Gasteiger partial charge is 0.338 e. The zero-order valence-corrected chi connectivity index (χ0v) is 12.1. The van der Waals surface area contributed by atoms with Crippen molar-refractivity contribution in [1.82, 2.24) is 5.32 Å². The Hall–Kier alpha value is -1.01. The number of benzene rings is 1. The molecule has 0 heterocycles. The normalized spacial score (nSPS) is 10.9. The first-order valence-electron chi connectivity index (χ1n) is 5.68. The highest BCUT2D eigenvalue weighted by molar-refractivity contribution is 7.99. The molecule has 0 atom stereocenters. The summed E-state index contributed by atoms with van der Waals surface area (Å²) in [6.45, 7) is 4.42. The van der Waals surface area contributed by atoms with Gasteiger partial charge in [0.05, 0.1) is 15.6 Å². The van der Waals surface area contributed by atoms with Gasteiger partial charge in [-0.15, -0.1) is 0 Å². The number of carbonyl (C=O) groups excluding carboxylic acids is 1. The molecule has 0 aliphatic carbocycles. The van der Waals surface area contributed by atoms with Crippen LogP contribution in [-0.2, 0) is 0 Å². The van der Waals surface area contributed by atoms with Gasteiger partial charge in [-0.05, 0) is 18.1 Å². The van der Waals surface area contributed by atoms with Crippen molar-refractivity contribution in [2.45, 2.75) is 24.5 Å². The Kier molecular flexibility index (Phi) is 6.37. The van der Waals surface area contributed by atoms with E-state index in [1.165, 1.54) is 12.1 Å². The molecule has 7 heteroatoms. The Morgan fingerprint density at radius 3 is 2.68 bits per heavy atom. The van der Waals surface area contributed by atoms with Crippen LogP contribution in [0.15, 0.2) is 23.1 Å². The molecule has 0 aliphatic heterocycles. The van der Waals surface area contributed by atoms with Crippen molar-refractivity contribution in [1.29, 1.82) is 0 Å². The van der Waals surface area contributed by atoms with Crippen LogP contribution in [-0.4, -0.2) is 18.3 Å². The number of hydrogen-bond donors (Lipinski definition) is 2. The molecular formula is C12H15ClF2N2OS. The number of carbonyl (C=O) groups is 1. The van der Waals surface area contributed by atoms with E-state index in [0.717, 1.165) is 0 Å². The van der Waals surface area contributed by atoms with Gasteiger partial charge in [-0.3, -0.25) is 0 Å².